The molecule has 254 valence electrons. The molecule has 1 unspecified atom stereocenters. The van der Waals surface area contributed by atoms with Gasteiger partial charge in [-0.25, -0.2) is 0 Å². The van der Waals surface area contributed by atoms with Gasteiger partial charge < -0.3 is 4.90 Å². The van der Waals surface area contributed by atoms with E-state index in [0.29, 0.717) is 5.92 Å². The van der Waals surface area contributed by atoms with Crippen molar-refractivity contribution >= 4 is 22.5 Å². The predicted octanol–water partition coefficient (Wildman–Crippen LogP) is 13.3. The molecule has 0 saturated carbocycles. The Morgan fingerprint density at radius 1 is 0.920 bits per heavy atom. The molecule has 50 heavy (non-hydrogen) atoms. The van der Waals surface area contributed by atoms with Crippen LogP contribution in [0.25, 0.3) is 11.1 Å². The van der Waals surface area contributed by atoms with Crippen molar-refractivity contribution in [2.24, 2.45) is 0 Å². The highest BCUT2D eigenvalue weighted by Crippen LogP contribution is 2.64. The number of rotatable bonds is 6. The first kappa shape index (κ1) is 33.9. The maximum atomic E-state index is 4.37. The Labute approximate surface area is 301 Å². The molecular weight excluding hydrogens is 603 g/mol. The van der Waals surface area contributed by atoms with E-state index in [0.717, 1.165) is 24.8 Å². The molecule has 3 aliphatic heterocycles. The second kappa shape index (κ2) is 12.3. The minimum absolute atomic E-state index is 0.000725. The molecule has 3 aromatic rings. The van der Waals surface area contributed by atoms with Crippen molar-refractivity contribution in [1.82, 2.24) is 0 Å². The molecule has 3 aromatic carbocycles. The third kappa shape index (κ3) is 5.21. The van der Waals surface area contributed by atoms with Crippen LogP contribution in [-0.4, -0.2) is 0 Å². The lowest BCUT2D eigenvalue weighted by molar-refractivity contribution is 0.532. The lowest BCUT2D eigenvalue weighted by Gasteiger charge is -2.48. The molecule has 1 heteroatoms. The van der Waals surface area contributed by atoms with Gasteiger partial charge in [-0.05, 0) is 117 Å². The van der Waals surface area contributed by atoms with E-state index < -0.39 is 0 Å². The zero-order chi connectivity index (χ0) is 35.6. The Kier molecular flexibility index (Phi) is 8.36. The van der Waals surface area contributed by atoms with E-state index in [-0.39, 0.29) is 16.2 Å². The van der Waals surface area contributed by atoms with Crippen molar-refractivity contribution in [2.45, 2.75) is 104 Å². The van der Waals surface area contributed by atoms with Gasteiger partial charge in [0.05, 0.1) is 11.4 Å². The molecule has 0 amide bonds. The molecule has 1 aliphatic carbocycles. The van der Waals surface area contributed by atoms with Crippen LogP contribution in [0.4, 0.5) is 11.4 Å². The van der Waals surface area contributed by atoms with Crippen LogP contribution in [0, 0.1) is 0 Å². The van der Waals surface area contributed by atoms with E-state index in [1.807, 2.05) is 12.2 Å². The summed E-state index contributed by atoms with van der Waals surface area (Å²) in [5.74, 6) is 0.298. The highest BCUT2D eigenvalue weighted by Gasteiger charge is 2.51. The summed E-state index contributed by atoms with van der Waals surface area (Å²) in [6, 6.07) is 18.9. The Bertz CT molecular complexity index is 2140. The van der Waals surface area contributed by atoms with E-state index in [9.17, 15) is 0 Å². The third-order valence-corrected chi connectivity index (χ3v) is 11.9. The van der Waals surface area contributed by atoms with Crippen molar-refractivity contribution < 1.29 is 0 Å². The summed E-state index contributed by atoms with van der Waals surface area (Å²) in [7, 11) is 0. The standard InChI is InChI=1S/C49H53N/c1-11-13-23-39-44-33(4)38-30-36(31-43-45(38)50(44)46-40(48(39,7)8)24-19-25-41(46)49(43,9)10)35(12-2)22-18-21-34-26-27-37-32(3)20-16-14-15-17-28-47(5,6)42(37)29-34/h12-15,17-20,22-27,29-31,33H,3,11,21,28H2,1-2,4-10H3/b17-15-,22-18-,23-13-,35-12+. The summed E-state index contributed by atoms with van der Waals surface area (Å²) in [5, 5.41) is 0. The predicted molar refractivity (Wildman–Crippen MR) is 216 cm³/mol. The van der Waals surface area contributed by atoms with Crippen LogP contribution in [0.1, 0.15) is 126 Å². The molecule has 0 bridgehead atoms. The van der Waals surface area contributed by atoms with E-state index in [4.69, 9.17) is 0 Å². The third-order valence-electron chi connectivity index (χ3n) is 11.9. The maximum Gasteiger partial charge on any atom is 0.0540 e. The van der Waals surface area contributed by atoms with Gasteiger partial charge in [0, 0.05) is 22.4 Å². The minimum atomic E-state index is -0.123. The first-order valence-electron chi connectivity index (χ1n) is 18.6. The van der Waals surface area contributed by atoms with Crippen LogP contribution in [0.5, 0.6) is 0 Å². The molecule has 3 heterocycles. The topological polar surface area (TPSA) is 3.24 Å². The van der Waals surface area contributed by atoms with Crippen molar-refractivity contribution in [1.29, 1.82) is 0 Å². The molecule has 0 saturated heterocycles. The monoisotopic (exact) mass is 655 g/mol. The summed E-state index contributed by atoms with van der Waals surface area (Å²) in [4.78, 5) is 2.66. The Morgan fingerprint density at radius 2 is 1.68 bits per heavy atom. The number of fused-ring (bicyclic) bond motifs is 1. The van der Waals surface area contributed by atoms with Gasteiger partial charge in [0.25, 0.3) is 0 Å². The van der Waals surface area contributed by atoms with Gasteiger partial charge in [-0.2, -0.15) is 0 Å². The fourth-order valence-electron chi connectivity index (χ4n) is 8.92. The van der Waals surface area contributed by atoms with Crippen molar-refractivity contribution in [2.75, 3.05) is 4.90 Å². The van der Waals surface area contributed by atoms with Crippen LogP contribution in [0.15, 0.2) is 127 Å². The molecule has 0 radical (unpaired) electrons. The van der Waals surface area contributed by atoms with Gasteiger partial charge in [0.2, 0.25) is 0 Å². The second-order valence-corrected chi connectivity index (χ2v) is 16.3. The summed E-state index contributed by atoms with van der Waals surface area (Å²) >= 11 is 0. The number of para-hydroxylation sites is 1. The summed E-state index contributed by atoms with van der Waals surface area (Å²) in [6.07, 6.45) is 22.9. The molecule has 1 nitrogen and oxygen atoms in total. The summed E-state index contributed by atoms with van der Waals surface area (Å²) in [5.41, 5.74) is 22.0. The number of nitrogens with zero attached hydrogens (tertiary/aromatic N) is 1. The average Bonchev–Trinajstić information content (AvgIpc) is 3.38. The summed E-state index contributed by atoms with van der Waals surface area (Å²) in [6.45, 7) is 25.6. The number of benzene rings is 3. The molecule has 0 spiro atoms. The van der Waals surface area contributed by atoms with Crippen LogP contribution < -0.4 is 4.90 Å². The van der Waals surface area contributed by atoms with Gasteiger partial charge >= 0.3 is 0 Å². The molecule has 7 rings (SSSR count). The van der Waals surface area contributed by atoms with Gasteiger partial charge in [-0.1, -0.05) is 141 Å². The van der Waals surface area contributed by atoms with Gasteiger partial charge in [-0.15, -0.1) is 5.73 Å². The SMILES string of the molecule is C=C1C=C=C/C=C\CC(C)(C)c2cc(C/C=C\C(=C/C)c3cc4c5c(c3)C(C)(C)c3cccc6c3N5C(=C(/C=C\CC)C6(C)C)C4C)ccc21. The highest BCUT2D eigenvalue weighted by atomic mass is 15.2. The van der Waals surface area contributed by atoms with Crippen LogP contribution >= 0.6 is 0 Å². The zero-order valence-electron chi connectivity index (χ0n) is 31.7. The molecule has 1 atom stereocenters. The molecule has 0 aromatic heterocycles. The van der Waals surface area contributed by atoms with Gasteiger partial charge in [0.15, 0.2) is 0 Å². The Balaban J connectivity index is 1.29. The van der Waals surface area contributed by atoms with E-state index >= 15 is 0 Å². The van der Waals surface area contributed by atoms with E-state index in [1.54, 1.807) is 0 Å². The number of hydrogen-bond donors (Lipinski definition) is 0. The minimum Gasteiger partial charge on any atom is -0.312 e. The first-order valence-corrected chi connectivity index (χ1v) is 18.6. The number of hydrogen-bond acceptors (Lipinski definition) is 1. The summed E-state index contributed by atoms with van der Waals surface area (Å²) < 4.78 is 0. The maximum absolute atomic E-state index is 4.37. The van der Waals surface area contributed by atoms with Crippen LogP contribution in [0.3, 0.4) is 0 Å². The zero-order valence-corrected chi connectivity index (χ0v) is 31.7. The highest BCUT2D eigenvalue weighted by molar-refractivity contribution is 5.94. The lowest BCUT2D eigenvalue weighted by atomic mass is 9.67. The Hall–Kier alpha value is -4.58. The lowest BCUT2D eigenvalue weighted by Crippen LogP contribution is -2.39. The molecular formula is C49H53N. The smallest absolute Gasteiger partial charge is 0.0540 e. The number of allylic oxidation sites excluding steroid dienone is 12. The first-order chi connectivity index (χ1) is 23.8. The van der Waals surface area contributed by atoms with E-state index in [2.05, 4.69) is 171 Å². The quantitative estimate of drug-likeness (QED) is 0.189. The van der Waals surface area contributed by atoms with Crippen molar-refractivity contribution in [3.63, 3.8) is 0 Å². The normalized spacial score (nSPS) is 21.6. The molecule has 0 fully saturated rings. The second-order valence-electron chi connectivity index (χ2n) is 16.3. The van der Waals surface area contributed by atoms with E-state index in [1.165, 1.54) is 72.7 Å². The fraction of sp³-hybridized carbons (Fsp3) is 0.327. The molecule has 4 aliphatic rings. The number of anilines is 2. The van der Waals surface area contributed by atoms with Crippen LogP contribution in [-0.2, 0) is 22.7 Å². The van der Waals surface area contributed by atoms with Gasteiger partial charge in [0.1, 0.15) is 0 Å². The van der Waals surface area contributed by atoms with Crippen LogP contribution in [0.2, 0.25) is 0 Å². The molecule has 0 N–H and O–H groups in total. The van der Waals surface area contributed by atoms with Crippen molar-refractivity contribution in [3.05, 3.63) is 171 Å². The average molecular weight is 656 g/mol. The van der Waals surface area contributed by atoms with Gasteiger partial charge in [-0.3, -0.25) is 0 Å². The fourth-order valence-corrected chi connectivity index (χ4v) is 8.92. The Morgan fingerprint density at radius 3 is 2.42 bits per heavy atom. The van der Waals surface area contributed by atoms with Crippen molar-refractivity contribution in [3.8, 4) is 0 Å². The largest absolute Gasteiger partial charge is 0.312 e.